The van der Waals surface area contributed by atoms with Gasteiger partial charge in [0.1, 0.15) is 5.76 Å². The first kappa shape index (κ1) is 27.6. The number of halogens is 3. The third-order valence-electron chi connectivity index (χ3n) is 7.52. The van der Waals surface area contributed by atoms with E-state index >= 15 is 0 Å². The quantitative estimate of drug-likeness (QED) is 0.405. The standard InChI is InChI=1S/C32H31F3N2O3/c1-40-29-9-5-8-27(30(29)21-10-13-24(14-11-21)32(33,34)35)31(39)37-25-15-12-22-16-26(18-23(22)17-25)36-19-28(38)20-6-3-2-4-7-20/h3,6-8,10-15,17,26,36H,2,4-5,9,16,18-19H2,1H3,(H,37,39). The number of rotatable bonds is 8. The number of hydrogen-bond acceptors (Lipinski definition) is 4. The van der Waals surface area contributed by atoms with E-state index in [4.69, 9.17) is 4.74 Å². The molecule has 5 rings (SSSR count). The monoisotopic (exact) mass is 548 g/mol. The first-order valence-corrected chi connectivity index (χ1v) is 13.4. The molecule has 0 saturated carbocycles. The fraction of sp³-hybridized carbons (Fsp3) is 0.312. The minimum atomic E-state index is -4.44. The van der Waals surface area contributed by atoms with Crippen molar-refractivity contribution in [3.05, 3.63) is 106 Å². The summed E-state index contributed by atoms with van der Waals surface area (Å²) in [6.45, 7) is 0.285. The smallest absolute Gasteiger partial charge is 0.416 e. The van der Waals surface area contributed by atoms with E-state index in [2.05, 4.69) is 10.6 Å². The molecule has 0 aliphatic heterocycles. The van der Waals surface area contributed by atoms with Crippen LogP contribution in [0.4, 0.5) is 18.9 Å². The second-order valence-electron chi connectivity index (χ2n) is 10.2. The number of benzene rings is 2. The van der Waals surface area contributed by atoms with Gasteiger partial charge in [-0.2, -0.15) is 13.2 Å². The largest absolute Gasteiger partial charge is 0.500 e. The molecule has 3 aliphatic carbocycles. The zero-order chi connectivity index (χ0) is 28.3. The molecule has 208 valence electrons. The molecule has 0 spiro atoms. The van der Waals surface area contributed by atoms with Crippen molar-refractivity contribution in [3.63, 3.8) is 0 Å². The van der Waals surface area contributed by atoms with Crippen LogP contribution in [0.3, 0.4) is 0 Å². The van der Waals surface area contributed by atoms with E-state index in [0.29, 0.717) is 41.0 Å². The van der Waals surface area contributed by atoms with Crippen LogP contribution in [-0.2, 0) is 33.3 Å². The number of allylic oxidation sites excluding steroid dienone is 5. The lowest BCUT2D eigenvalue weighted by atomic mass is 9.89. The van der Waals surface area contributed by atoms with E-state index < -0.39 is 11.7 Å². The number of fused-ring (bicyclic) bond motifs is 1. The van der Waals surface area contributed by atoms with Crippen molar-refractivity contribution < 1.29 is 27.5 Å². The fourth-order valence-electron chi connectivity index (χ4n) is 5.48. The molecule has 5 nitrogen and oxygen atoms in total. The van der Waals surface area contributed by atoms with E-state index in [1.165, 1.54) is 24.8 Å². The Kier molecular flexibility index (Phi) is 8.07. The summed E-state index contributed by atoms with van der Waals surface area (Å²) in [5.41, 5.74) is 4.28. The third kappa shape index (κ3) is 6.12. The van der Waals surface area contributed by atoms with Crippen LogP contribution in [0.2, 0.25) is 0 Å². The van der Waals surface area contributed by atoms with Crippen molar-refractivity contribution in [1.82, 2.24) is 5.32 Å². The van der Waals surface area contributed by atoms with Crippen molar-refractivity contribution in [3.8, 4) is 0 Å². The molecule has 1 amide bonds. The average Bonchev–Trinajstić information content (AvgIpc) is 3.37. The maximum atomic E-state index is 13.4. The number of anilines is 1. The summed E-state index contributed by atoms with van der Waals surface area (Å²) < 4.78 is 44.8. The van der Waals surface area contributed by atoms with E-state index in [1.807, 2.05) is 36.4 Å². The molecule has 0 bridgehead atoms. The molecule has 2 N–H and O–H groups in total. The molecule has 0 aromatic heterocycles. The Morgan fingerprint density at radius 1 is 0.975 bits per heavy atom. The normalized spacial score (nSPS) is 18.6. The summed E-state index contributed by atoms with van der Waals surface area (Å²) in [5.74, 6) is 0.299. The molecule has 40 heavy (non-hydrogen) atoms. The van der Waals surface area contributed by atoms with Crippen LogP contribution < -0.4 is 10.6 Å². The molecule has 0 heterocycles. The Bertz CT molecular complexity index is 1430. The van der Waals surface area contributed by atoms with Crippen LogP contribution in [0.15, 0.2) is 83.7 Å². The van der Waals surface area contributed by atoms with Gasteiger partial charge in [0.15, 0.2) is 5.78 Å². The lowest BCUT2D eigenvalue weighted by Gasteiger charge is -2.21. The van der Waals surface area contributed by atoms with Crippen molar-refractivity contribution in [2.45, 2.75) is 50.7 Å². The number of carbonyl (C=O) groups is 2. The highest BCUT2D eigenvalue weighted by Crippen LogP contribution is 2.37. The van der Waals surface area contributed by atoms with Gasteiger partial charge >= 0.3 is 6.18 Å². The van der Waals surface area contributed by atoms with Gasteiger partial charge in [-0.25, -0.2) is 0 Å². The first-order valence-electron chi connectivity index (χ1n) is 13.4. The van der Waals surface area contributed by atoms with E-state index in [-0.39, 0.29) is 24.3 Å². The molecule has 0 saturated heterocycles. The van der Waals surface area contributed by atoms with Gasteiger partial charge in [-0.05, 0) is 73.1 Å². The van der Waals surface area contributed by atoms with Crippen LogP contribution >= 0.6 is 0 Å². The molecule has 2 aromatic carbocycles. The first-order chi connectivity index (χ1) is 19.2. The number of alkyl halides is 3. The Morgan fingerprint density at radius 3 is 2.45 bits per heavy atom. The predicted molar refractivity (Wildman–Crippen MR) is 148 cm³/mol. The fourth-order valence-corrected chi connectivity index (χ4v) is 5.48. The molecular weight excluding hydrogens is 517 g/mol. The number of nitrogens with one attached hydrogen (secondary N) is 2. The van der Waals surface area contributed by atoms with E-state index in [0.717, 1.165) is 49.0 Å². The molecule has 2 aromatic rings. The third-order valence-corrected chi connectivity index (χ3v) is 7.52. The van der Waals surface area contributed by atoms with Gasteiger partial charge in [-0.3, -0.25) is 9.59 Å². The number of ether oxygens (including phenoxy) is 1. The summed E-state index contributed by atoms with van der Waals surface area (Å²) >= 11 is 0. The summed E-state index contributed by atoms with van der Waals surface area (Å²) in [4.78, 5) is 25.9. The zero-order valence-corrected chi connectivity index (χ0v) is 22.2. The van der Waals surface area contributed by atoms with Crippen LogP contribution in [0.1, 0.15) is 47.9 Å². The van der Waals surface area contributed by atoms with Gasteiger partial charge in [0.2, 0.25) is 0 Å². The summed E-state index contributed by atoms with van der Waals surface area (Å²) in [7, 11) is 1.50. The zero-order valence-electron chi connectivity index (χ0n) is 22.2. The van der Waals surface area contributed by atoms with Gasteiger partial charge in [0.25, 0.3) is 5.91 Å². The highest BCUT2D eigenvalue weighted by Gasteiger charge is 2.31. The minimum absolute atomic E-state index is 0.0907. The molecular formula is C32H31F3N2O3. The Balaban J connectivity index is 1.26. The van der Waals surface area contributed by atoms with Crippen molar-refractivity contribution >= 4 is 23.0 Å². The highest BCUT2D eigenvalue weighted by atomic mass is 19.4. The summed E-state index contributed by atoms with van der Waals surface area (Å²) in [5, 5.41) is 6.34. The van der Waals surface area contributed by atoms with Crippen molar-refractivity contribution in [1.29, 1.82) is 0 Å². The van der Waals surface area contributed by atoms with E-state index in [9.17, 15) is 22.8 Å². The Hall–Kier alpha value is -3.91. The number of ketones is 1. The lowest BCUT2D eigenvalue weighted by molar-refractivity contribution is -0.137. The molecule has 1 unspecified atom stereocenters. The number of amides is 1. The van der Waals surface area contributed by atoms with Crippen LogP contribution in [0.25, 0.3) is 5.57 Å². The number of hydrogen-bond donors (Lipinski definition) is 2. The number of Topliss-reactive ketones (excluding diaryl/α,β-unsaturated/α-hetero) is 1. The molecule has 8 heteroatoms. The molecule has 0 radical (unpaired) electrons. The Labute approximate surface area is 231 Å². The van der Waals surface area contributed by atoms with Crippen LogP contribution in [0.5, 0.6) is 0 Å². The van der Waals surface area contributed by atoms with Gasteiger partial charge in [0.05, 0.1) is 19.2 Å². The second-order valence-corrected chi connectivity index (χ2v) is 10.2. The predicted octanol–water partition coefficient (Wildman–Crippen LogP) is 6.32. The van der Waals surface area contributed by atoms with Crippen molar-refractivity contribution in [2.75, 3.05) is 19.0 Å². The molecule has 3 aliphatic rings. The Morgan fingerprint density at radius 2 is 1.75 bits per heavy atom. The summed E-state index contributed by atoms with van der Waals surface area (Å²) in [6, 6.07) is 10.7. The van der Waals surface area contributed by atoms with Crippen LogP contribution in [-0.4, -0.2) is 31.4 Å². The van der Waals surface area contributed by atoms with Gasteiger partial charge in [0, 0.05) is 34.9 Å². The number of carbonyl (C=O) groups excluding carboxylic acids is 2. The maximum absolute atomic E-state index is 13.4. The maximum Gasteiger partial charge on any atom is 0.416 e. The van der Waals surface area contributed by atoms with Gasteiger partial charge < -0.3 is 15.4 Å². The SMILES string of the molecule is COC1=C(c2ccc(C(F)(F)F)cc2)C(C(=O)Nc2ccc3c(c2)CC(NCC(=O)C2=CCCC=C2)C3)=CCC1. The van der Waals surface area contributed by atoms with Gasteiger partial charge in [-0.1, -0.05) is 42.5 Å². The van der Waals surface area contributed by atoms with Gasteiger partial charge in [-0.15, -0.1) is 0 Å². The second kappa shape index (κ2) is 11.7. The number of methoxy groups -OCH3 is 1. The summed E-state index contributed by atoms with van der Waals surface area (Å²) in [6.07, 6.45) is 7.79. The highest BCUT2D eigenvalue weighted by molar-refractivity contribution is 6.15. The van der Waals surface area contributed by atoms with E-state index in [1.54, 1.807) is 6.08 Å². The van der Waals surface area contributed by atoms with Crippen molar-refractivity contribution in [2.24, 2.45) is 0 Å². The lowest BCUT2D eigenvalue weighted by Crippen LogP contribution is -2.34. The molecule has 1 atom stereocenters. The minimum Gasteiger partial charge on any atom is -0.500 e. The average molecular weight is 549 g/mol. The van der Waals surface area contributed by atoms with Crippen LogP contribution in [0, 0.1) is 0 Å². The topological polar surface area (TPSA) is 67.4 Å². The molecule has 0 fully saturated rings.